The van der Waals surface area contributed by atoms with Gasteiger partial charge in [0.15, 0.2) is 6.29 Å². The molecule has 0 saturated heterocycles. The average molecular weight is 232 g/mol. The lowest BCUT2D eigenvalue weighted by Gasteiger charge is -2.01. The maximum atomic E-state index is 11.1. The topological polar surface area (TPSA) is 52.6 Å². The third-order valence-corrected chi connectivity index (χ3v) is 1.96. The highest BCUT2D eigenvalue weighted by Gasteiger charge is 2.02. The molecule has 0 atom stereocenters. The Morgan fingerprint density at radius 1 is 1.47 bits per heavy atom. The molecule has 4 nitrogen and oxygen atoms in total. The summed E-state index contributed by atoms with van der Waals surface area (Å²) < 4.78 is 9.67. The predicted molar refractivity (Wildman–Crippen MR) is 61.9 cm³/mol. The van der Waals surface area contributed by atoms with E-state index in [9.17, 15) is 9.59 Å². The predicted octanol–water partition coefficient (Wildman–Crippen LogP) is 1.42. The second-order valence-electron chi connectivity index (χ2n) is 3.04. The fourth-order valence-corrected chi connectivity index (χ4v) is 1.16. The van der Waals surface area contributed by atoms with Gasteiger partial charge in [-0.1, -0.05) is 5.92 Å². The second-order valence-corrected chi connectivity index (χ2v) is 3.04. The van der Waals surface area contributed by atoms with Gasteiger partial charge in [-0.2, -0.15) is 0 Å². The second kappa shape index (κ2) is 6.33. The lowest BCUT2D eigenvalue weighted by Crippen LogP contribution is -2.00. The van der Waals surface area contributed by atoms with Crippen LogP contribution in [0.2, 0.25) is 0 Å². The Balaban J connectivity index is 3.02. The average Bonchev–Trinajstić information content (AvgIpc) is 2.36. The van der Waals surface area contributed by atoms with Gasteiger partial charge in [0.25, 0.3) is 0 Å². The van der Waals surface area contributed by atoms with Crippen LogP contribution in [0.3, 0.4) is 0 Å². The number of rotatable bonds is 3. The Hall–Kier alpha value is -2.28. The maximum Gasteiger partial charge on any atom is 0.384 e. The Bertz CT molecular complexity index is 480. The first-order valence-electron chi connectivity index (χ1n) is 5.03. The summed E-state index contributed by atoms with van der Waals surface area (Å²) >= 11 is 0. The number of benzene rings is 1. The molecule has 4 heteroatoms. The smallest absolute Gasteiger partial charge is 0.384 e. The van der Waals surface area contributed by atoms with E-state index in [0.29, 0.717) is 23.2 Å². The van der Waals surface area contributed by atoms with Gasteiger partial charge in [0, 0.05) is 17.0 Å². The minimum Gasteiger partial charge on any atom is -0.497 e. The summed E-state index contributed by atoms with van der Waals surface area (Å²) in [5.74, 6) is 4.84. The zero-order chi connectivity index (χ0) is 12.7. The molecule has 0 N–H and O–H groups in total. The molecule has 0 aliphatic rings. The number of hydrogen-bond acceptors (Lipinski definition) is 4. The molecule has 0 radical (unpaired) electrons. The van der Waals surface area contributed by atoms with Gasteiger partial charge in [-0.15, -0.1) is 0 Å². The van der Waals surface area contributed by atoms with Gasteiger partial charge in [0.2, 0.25) is 0 Å². The monoisotopic (exact) mass is 232 g/mol. The van der Waals surface area contributed by atoms with Crippen molar-refractivity contribution in [3.05, 3.63) is 29.3 Å². The van der Waals surface area contributed by atoms with Gasteiger partial charge in [-0.25, -0.2) is 4.79 Å². The van der Waals surface area contributed by atoms with Gasteiger partial charge in [0.05, 0.1) is 13.7 Å². The van der Waals surface area contributed by atoms with Crippen molar-refractivity contribution in [3.8, 4) is 17.6 Å². The summed E-state index contributed by atoms with van der Waals surface area (Å²) in [7, 11) is 1.51. The fraction of sp³-hybridized carbons (Fsp3) is 0.231. The van der Waals surface area contributed by atoms with Crippen molar-refractivity contribution in [1.82, 2.24) is 0 Å². The van der Waals surface area contributed by atoms with Crippen LogP contribution in [-0.2, 0) is 9.53 Å². The van der Waals surface area contributed by atoms with E-state index in [2.05, 4.69) is 16.6 Å². The Kier molecular flexibility index (Phi) is 4.77. The van der Waals surface area contributed by atoms with Crippen LogP contribution in [0.15, 0.2) is 18.2 Å². The van der Waals surface area contributed by atoms with Crippen LogP contribution in [0, 0.1) is 11.8 Å². The van der Waals surface area contributed by atoms with Crippen LogP contribution in [0.25, 0.3) is 0 Å². The molecule has 0 bridgehead atoms. The zero-order valence-electron chi connectivity index (χ0n) is 9.65. The molecule has 0 unspecified atom stereocenters. The summed E-state index contributed by atoms with van der Waals surface area (Å²) in [6, 6.07) is 4.83. The first-order chi connectivity index (χ1) is 8.21. The van der Waals surface area contributed by atoms with E-state index >= 15 is 0 Å². The first kappa shape index (κ1) is 12.8. The van der Waals surface area contributed by atoms with E-state index in [4.69, 9.17) is 4.74 Å². The number of hydrogen-bond donors (Lipinski definition) is 0. The van der Waals surface area contributed by atoms with Crippen LogP contribution < -0.4 is 4.74 Å². The van der Waals surface area contributed by atoms with Crippen molar-refractivity contribution in [1.29, 1.82) is 0 Å². The normalized spacial score (nSPS) is 8.82. The molecule has 88 valence electrons. The number of ether oxygens (including phenoxy) is 2. The number of carbonyl (C=O) groups is 2. The van der Waals surface area contributed by atoms with Crippen LogP contribution in [0.1, 0.15) is 22.8 Å². The minimum atomic E-state index is -0.618. The molecule has 0 heterocycles. The number of methoxy groups -OCH3 is 1. The third kappa shape index (κ3) is 3.65. The van der Waals surface area contributed by atoms with Crippen LogP contribution in [0.4, 0.5) is 0 Å². The molecule has 0 spiro atoms. The van der Waals surface area contributed by atoms with Crippen molar-refractivity contribution in [2.24, 2.45) is 0 Å². The lowest BCUT2D eigenvalue weighted by atomic mass is 10.1. The highest BCUT2D eigenvalue weighted by atomic mass is 16.5. The number of aldehydes is 1. The van der Waals surface area contributed by atoms with Crippen molar-refractivity contribution >= 4 is 12.3 Å². The summed E-state index contributed by atoms with van der Waals surface area (Å²) in [5, 5.41) is 0. The molecule has 1 aromatic carbocycles. The molecule has 0 aliphatic heterocycles. The standard InChI is InChI=1S/C13H12O4/c1-3-17-13(15)7-5-10-8-12(16-2)6-4-11(10)9-14/h4,6,8-9H,3H2,1-2H3. The third-order valence-electron chi connectivity index (χ3n) is 1.96. The van der Waals surface area contributed by atoms with Crippen molar-refractivity contribution in [2.45, 2.75) is 6.92 Å². The summed E-state index contributed by atoms with van der Waals surface area (Å²) in [6.07, 6.45) is 0.675. The number of carbonyl (C=O) groups excluding carboxylic acids is 2. The molecular formula is C13H12O4. The van der Waals surface area contributed by atoms with Gasteiger partial charge in [-0.3, -0.25) is 4.79 Å². The van der Waals surface area contributed by atoms with E-state index in [-0.39, 0.29) is 6.61 Å². The van der Waals surface area contributed by atoms with Crippen molar-refractivity contribution < 1.29 is 19.1 Å². The Morgan fingerprint density at radius 3 is 2.82 bits per heavy atom. The molecule has 1 rings (SSSR count). The van der Waals surface area contributed by atoms with Gasteiger partial charge in [-0.05, 0) is 25.1 Å². The number of esters is 1. The fourth-order valence-electron chi connectivity index (χ4n) is 1.16. The van der Waals surface area contributed by atoms with Gasteiger partial charge >= 0.3 is 5.97 Å². The van der Waals surface area contributed by atoms with Crippen LogP contribution in [-0.4, -0.2) is 26.0 Å². The quantitative estimate of drug-likeness (QED) is 0.449. The molecule has 17 heavy (non-hydrogen) atoms. The summed E-state index contributed by atoms with van der Waals surface area (Å²) in [5.41, 5.74) is 0.843. The van der Waals surface area contributed by atoms with E-state index in [1.54, 1.807) is 25.1 Å². The van der Waals surface area contributed by atoms with Crippen molar-refractivity contribution in [3.63, 3.8) is 0 Å². The molecular weight excluding hydrogens is 220 g/mol. The molecule has 0 amide bonds. The van der Waals surface area contributed by atoms with Gasteiger partial charge < -0.3 is 9.47 Å². The summed E-state index contributed by atoms with van der Waals surface area (Å²) in [4.78, 5) is 21.8. The minimum absolute atomic E-state index is 0.270. The largest absolute Gasteiger partial charge is 0.497 e. The highest BCUT2D eigenvalue weighted by molar-refractivity contribution is 5.90. The highest BCUT2D eigenvalue weighted by Crippen LogP contribution is 2.15. The van der Waals surface area contributed by atoms with Gasteiger partial charge in [0.1, 0.15) is 5.75 Å². The maximum absolute atomic E-state index is 11.1. The van der Waals surface area contributed by atoms with E-state index in [1.165, 1.54) is 7.11 Å². The zero-order valence-corrected chi connectivity index (χ0v) is 9.65. The van der Waals surface area contributed by atoms with Crippen LogP contribution in [0.5, 0.6) is 5.75 Å². The first-order valence-corrected chi connectivity index (χ1v) is 5.03. The van der Waals surface area contributed by atoms with Crippen LogP contribution >= 0.6 is 0 Å². The summed E-state index contributed by atoms with van der Waals surface area (Å²) in [6.45, 7) is 1.97. The Morgan fingerprint density at radius 2 is 2.24 bits per heavy atom. The molecule has 1 aromatic rings. The van der Waals surface area contributed by atoms with Crippen molar-refractivity contribution in [2.75, 3.05) is 13.7 Å². The molecule has 0 fully saturated rings. The molecule has 0 aromatic heterocycles. The lowest BCUT2D eigenvalue weighted by molar-refractivity contribution is -0.136. The molecule has 0 saturated carbocycles. The van der Waals surface area contributed by atoms with E-state index in [0.717, 1.165) is 0 Å². The van der Waals surface area contributed by atoms with E-state index < -0.39 is 5.97 Å². The SMILES string of the molecule is CCOC(=O)C#Cc1cc(OC)ccc1C=O. The Labute approximate surface area is 99.5 Å². The molecule has 0 aliphatic carbocycles. The van der Waals surface area contributed by atoms with E-state index in [1.807, 2.05) is 0 Å².